The SMILES string of the molecule is CCCCNC(=O)[C@@H](C)N(Cc1ccc(Cl)cc1Cl)C(=O)CN(c1ccccc1OCC)S(=O)(=O)c1ccc(SC)cc1. The van der Waals surface area contributed by atoms with Gasteiger partial charge in [-0.1, -0.05) is 54.7 Å². The van der Waals surface area contributed by atoms with Crippen molar-refractivity contribution < 1.29 is 22.7 Å². The Morgan fingerprint density at radius 3 is 2.35 bits per heavy atom. The molecule has 0 spiro atoms. The predicted octanol–water partition coefficient (Wildman–Crippen LogP) is 6.64. The maximum Gasteiger partial charge on any atom is 0.264 e. The van der Waals surface area contributed by atoms with Crippen molar-refractivity contribution in [2.24, 2.45) is 0 Å². The van der Waals surface area contributed by atoms with Crippen molar-refractivity contribution >= 4 is 62.5 Å². The van der Waals surface area contributed by atoms with Gasteiger partial charge in [-0.3, -0.25) is 13.9 Å². The second kappa shape index (κ2) is 16.2. The highest BCUT2D eigenvalue weighted by Crippen LogP contribution is 2.33. The summed E-state index contributed by atoms with van der Waals surface area (Å²) in [4.78, 5) is 29.6. The number of rotatable bonds is 15. The van der Waals surface area contributed by atoms with E-state index in [0.717, 1.165) is 22.0 Å². The number of nitrogens with zero attached hydrogens (tertiary/aromatic N) is 2. The van der Waals surface area contributed by atoms with Gasteiger partial charge in [-0.2, -0.15) is 0 Å². The highest BCUT2D eigenvalue weighted by Gasteiger charge is 2.34. The van der Waals surface area contributed by atoms with E-state index in [9.17, 15) is 18.0 Å². The second-order valence-electron chi connectivity index (χ2n) is 9.67. The molecule has 0 saturated heterocycles. The summed E-state index contributed by atoms with van der Waals surface area (Å²) in [6.45, 7) is 5.53. The van der Waals surface area contributed by atoms with Crippen LogP contribution in [0.15, 0.2) is 76.5 Å². The average molecular weight is 667 g/mol. The van der Waals surface area contributed by atoms with Crippen LogP contribution in [-0.4, -0.2) is 57.1 Å². The predicted molar refractivity (Wildman–Crippen MR) is 175 cm³/mol. The molecular formula is C31H37Cl2N3O5S2. The lowest BCUT2D eigenvalue weighted by molar-refractivity contribution is -0.139. The number of halogens is 2. The van der Waals surface area contributed by atoms with Crippen molar-refractivity contribution in [2.75, 3.05) is 30.3 Å². The lowest BCUT2D eigenvalue weighted by Gasteiger charge is -2.32. The second-order valence-corrected chi connectivity index (χ2v) is 13.3. The maximum absolute atomic E-state index is 14.2. The molecule has 0 aliphatic carbocycles. The fourth-order valence-electron chi connectivity index (χ4n) is 4.28. The molecule has 43 heavy (non-hydrogen) atoms. The quantitative estimate of drug-likeness (QED) is 0.144. The van der Waals surface area contributed by atoms with E-state index < -0.39 is 28.5 Å². The number of sulfonamides is 1. The smallest absolute Gasteiger partial charge is 0.264 e. The molecular weight excluding hydrogens is 629 g/mol. The number of thioether (sulfide) groups is 1. The fraction of sp³-hybridized carbons (Fsp3) is 0.355. The fourth-order valence-corrected chi connectivity index (χ4v) is 6.58. The number of anilines is 1. The maximum atomic E-state index is 14.2. The molecule has 1 atom stereocenters. The van der Waals surface area contributed by atoms with E-state index in [1.54, 1.807) is 68.4 Å². The van der Waals surface area contributed by atoms with E-state index in [1.807, 2.05) is 13.2 Å². The van der Waals surface area contributed by atoms with Crippen LogP contribution in [0.5, 0.6) is 5.75 Å². The number of hydrogen-bond acceptors (Lipinski definition) is 6. The number of nitrogens with one attached hydrogen (secondary N) is 1. The summed E-state index contributed by atoms with van der Waals surface area (Å²) in [7, 11) is -4.25. The number of benzene rings is 3. The van der Waals surface area contributed by atoms with Gasteiger partial charge in [-0.25, -0.2) is 8.42 Å². The number of para-hydroxylation sites is 2. The molecule has 0 aliphatic heterocycles. The summed E-state index contributed by atoms with van der Waals surface area (Å²) in [6, 6.07) is 17.0. The summed E-state index contributed by atoms with van der Waals surface area (Å²) in [5.41, 5.74) is 0.764. The van der Waals surface area contributed by atoms with Gasteiger partial charge in [-0.05, 0) is 80.6 Å². The van der Waals surface area contributed by atoms with Crippen LogP contribution in [0.1, 0.15) is 39.2 Å². The summed E-state index contributed by atoms with van der Waals surface area (Å²) >= 11 is 14.0. The summed E-state index contributed by atoms with van der Waals surface area (Å²) in [5, 5.41) is 3.61. The first-order chi connectivity index (χ1) is 20.5. The van der Waals surface area contributed by atoms with Crippen LogP contribution in [0, 0.1) is 0 Å². The van der Waals surface area contributed by atoms with Crippen LogP contribution in [-0.2, 0) is 26.2 Å². The third-order valence-electron chi connectivity index (χ3n) is 6.71. The van der Waals surface area contributed by atoms with E-state index in [1.165, 1.54) is 28.8 Å². The molecule has 3 rings (SSSR count). The molecule has 8 nitrogen and oxygen atoms in total. The van der Waals surface area contributed by atoms with Crippen LogP contribution in [0.4, 0.5) is 5.69 Å². The van der Waals surface area contributed by atoms with Gasteiger partial charge in [0.1, 0.15) is 18.3 Å². The zero-order valence-corrected chi connectivity index (χ0v) is 27.8. The zero-order chi connectivity index (χ0) is 31.6. The molecule has 232 valence electrons. The van der Waals surface area contributed by atoms with Gasteiger partial charge in [0, 0.05) is 28.0 Å². The van der Waals surface area contributed by atoms with Crippen LogP contribution in [0.25, 0.3) is 0 Å². The molecule has 1 N–H and O–H groups in total. The number of carbonyl (C=O) groups excluding carboxylic acids is 2. The largest absolute Gasteiger partial charge is 0.492 e. The molecule has 0 heterocycles. The number of hydrogen-bond donors (Lipinski definition) is 1. The molecule has 0 radical (unpaired) electrons. The van der Waals surface area contributed by atoms with Crippen molar-refractivity contribution in [3.8, 4) is 5.75 Å². The minimum absolute atomic E-state index is 0.0158. The Hall–Kier alpha value is -2.92. The third kappa shape index (κ3) is 9.04. The van der Waals surface area contributed by atoms with E-state index in [0.29, 0.717) is 27.9 Å². The minimum atomic E-state index is -4.25. The van der Waals surface area contributed by atoms with Crippen LogP contribution in [0.2, 0.25) is 10.0 Å². The standard InChI is InChI=1S/C31H37Cl2N3O5S2/c1-5-7-18-34-31(38)22(3)35(20-23-12-13-24(32)19-27(23)33)30(37)21-36(28-10-8-9-11-29(28)41-6-2)43(39,40)26-16-14-25(42-4)15-17-26/h8-17,19,22H,5-7,18,20-21H2,1-4H3,(H,34,38)/t22-/m1/s1. The molecule has 12 heteroatoms. The molecule has 2 amide bonds. The Balaban J connectivity index is 2.08. The lowest BCUT2D eigenvalue weighted by Crippen LogP contribution is -2.51. The van der Waals surface area contributed by atoms with Crippen LogP contribution in [0.3, 0.4) is 0 Å². The van der Waals surface area contributed by atoms with E-state index in [-0.39, 0.29) is 29.6 Å². The summed E-state index contributed by atoms with van der Waals surface area (Å²) in [6.07, 6.45) is 3.57. The normalized spacial score (nSPS) is 12.0. The van der Waals surface area contributed by atoms with Crippen molar-refractivity contribution in [1.82, 2.24) is 10.2 Å². The van der Waals surface area contributed by atoms with Gasteiger partial charge in [0.25, 0.3) is 10.0 Å². The molecule has 0 aromatic heterocycles. The average Bonchev–Trinajstić information content (AvgIpc) is 2.99. The van der Waals surface area contributed by atoms with Gasteiger partial charge >= 0.3 is 0 Å². The summed E-state index contributed by atoms with van der Waals surface area (Å²) < 4.78 is 35.1. The molecule has 0 saturated carbocycles. The minimum Gasteiger partial charge on any atom is -0.492 e. The third-order valence-corrected chi connectivity index (χ3v) is 9.82. The number of carbonyl (C=O) groups is 2. The first kappa shape index (κ1) is 34.6. The highest BCUT2D eigenvalue weighted by molar-refractivity contribution is 7.98. The number of amides is 2. The molecule has 3 aromatic carbocycles. The lowest BCUT2D eigenvalue weighted by atomic mass is 10.1. The molecule has 3 aromatic rings. The van der Waals surface area contributed by atoms with Gasteiger partial charge in [0.2, 0.25) is 11.8 Å². The van der Waals surface area contributed by atoms with Crippen molar-refractivity contribution in [3.05, 3.63) is 82.3 Å². The Labute approximate surface area is 268 Å². The number of ether oxygens (including phenoxy) is 1. The topological polar surface area (TPSA) is 96.0 Å². The van der Waals surface area contributed by atoms with Crippen molar-refractivity contribution in [2.45, 2.75) is 56.0 Å². The van der Waals surface area contributed by atoms with Gasteiger partial charge in [0.15, 0.2) is 0 Å². The van der Waals surface area contributed by atoms with E-state index in [2.05, 4.69) is 5.32 Å². The highest BCUT2D eigenvalue weighted by atomic mass is 35.5. The van der Waals surface area contributed by atoms with Gasteiger partial charge in [0.05, 0.1) is 17.2 Å². The van der Waals surface area contributed by atoms with Gasteiger partial charge in [-0.15, -0.1) is 11.8 Å². The molecule has 0 fully saturated rings. The molecule has 0 aliphatic rings. The first-order valence-corrected chi connectivity index (χ1v) is 17.3. The Bertz CT molecular complexity index is 1500. The van der Waals surface area contributed by atoms with Gasteiger partial charge < -0.3 is 15.0 Å². The van der Waals surface area contributed by atoms with Crippen LogP contribution < -0.4 is 14.4 Å². The van der Waals surface area contributed by atoms with Crippen molar-refractivity contribution in [1.29, 1.82) is 0 Å². The van der Waals surface area contributed by atoms with E-state index in [4.69, 9.17) is 27.9 Å². The van der Waals surface area contributed by atoms with Crippen molar-refractivity contribution in [3.63, 3.8) is 0 Å². The Morgan fingerprint density at radius 2 is 1.72 bits per heavy atom. The number of unbranched alkanes of at least 4 members (excludes halogenated alkanes) is 1. The van der Waals surface area contributed by atoms with Crippen LogP contribution >= 0.6 is 35.0 Å². The first-order valence-electron chi connectivity index (χ1n) is 13.9. The molecule has 0 unspecified atom stereocenters. The summed E-state index contributed by atoms with van der Waals surface area (Å²) in [5.74, 6) is -0.650. The monoisotopic (exact) mass is 665 g/mol. The Morgan fingerprint density at radius 1 is 1.02 bits per heavy atom. The van der Waals surface area contributed by atoms with E-state index >= 15 is 0 Å². The zero-order valence-electron chi connectivity index (χ0n) is 24.7. The molecule has 0 bridgehead atoms. The Kier molecular flexibility index (Phi) is 13.1.